The molecule has 0 aliphatic rings. The first-order valence-electron chi connectivity index (χ1n) is 5.81. The molecule has 0 saturated carbocycles. The van der Waals surface area contributed by atoms with Crippen molar-refractivity contribution in [2.24, 2.45) is 0 Å². The van der Waals surface area contributed by atoms with Gasteiger partial charge in [0.15, 0.2) is 0 Å². The zero-order valence-electron chi connectivity index (χ0n) is 11.3. The number of ether oxygens (including phenoxy) is 1. The van der Waals surface area contributed by atoms with Crippen LogP contribution in [-0.4, -0.2) is 35.6 Å². The number of carbonyl (C=O) groups excluding carboxylic acids is 3. The van der Waals surface area contributed by atoms with E-state index in [4.69, 9.17) is 4.74 Å². The molecule has 104 valence electrons. The van der Waals surface area contributed by atoms with Gasteiger partial charge < -0.3 is 4.74 Å². The first-order chi connectivity index (χ1) is 8.31. The molecule has 0 aliphatic heterocycles. The van der Waals surface area contributed by atoms with Gasteiger partial charge in [0.05, 0.1) is 0 Å². The van der Waals surface area contributed by atoms with Gasteiger partial charge in [0.2, 0.25) is 6.41 Å². The summed E-state index contributed by atoms with van der Waals surface area (Å²) in [5.41, 5.74) is 3.39. The zero-order chi connectivity index (χ0) is 14.2. The molecular weight excluding hydrogens is 238 g/mol. The van der Waals surface area contributed by atoms with E-state index < -0.39 is 17.7 Å². The Morgan fingerprint density at radius 1 is 1.33 bits per heavy atom. The molecule has 0 rings (SSSR count). The lowest BCUT2D eigenvalue weighted by molar-refractivity contribution is -0.110. The number of hydrogen-bond acceptors (Lipinski definition) is 4. The predicted octanol–water partition coefficient (Wildman–Crippen LogP) is 1.39. The summed E-state index contributed by atoms with van der Waals surface area (Å²) in [5, 5.41) is 0. The van der Waals surface area contributed by atoms with Gasteiger partial charge in [0, 0.05) is 6.54 Å². The van der Waals surface area contributed by atoms with E-state index in [1.165, 1.54) is 0 Å². The maximum atomic E-state index is 11.8. The van der Waals surface area contributed by atoms with Gasteiger partial charge in [0.25, 0.3) is 0 Å². The van der Waals surface area contributed by atoms with E-state index in [1.807, 2.05) is 12.3 Å². The lowest BCUT2D eigenvalue weighted by atomic mass is 10.2. The van der Waals surface area contributed by atoms with Crippen LogP contribution in [0.3, 0.4) is 0 Å². The number of nitrogens with one attached hydrogen (secondary N) is 2. The molecule has 18 heavy (non-hydrogen) atoms. The molecule has 4 amide bonds. The van der Waals surface area contributed by atoms with Gasteiger partial charge >= 0.3 is 12.1 Å². The van der Waals surface area contributed by atoms with E-state index in [0.717, 1.165) is 11.3 Å². The summed E-state index contributed by atoms with van der Waals surface area (Å²) < 4.78 is 5.11. The Hall–Kier alpha value is -1.79. The van der Waals surface area contributed by atoms with E-state index in [9.17, 15) is 14.4 Å². The molecule has 0 aliphatic carbocycles. The maximum Gasteiger partial charge on any atom is 0.418 e. The van der Waals surface area contributed by atoms with Gasteiger partial charge in [-0.3, -0.25) is 10.2 Å². The fourth-order valence-corrected chi connectivity index (χ4v) is 1.07. The van der Waals surface area contributed by atoms with Crippen molar-refractivity contribution in [3.05, 3.63) is 0 Å². The number of carbonyl (C=O) groups is 3. The Kier molecular flexibility index (Phi) is 6.77. The molecule has 2 N–H and O–H groups in total. The standard InChI is InChI=1S/C11H21N3O4/c1-5-6-7-14(9(16)13-12-8-15)10(17)18-11(2,3)4/h8H,5-7H2,1-4H3,(H,12,15)(H,13,16). The van der Waals surface area contributed by atoms with Crippen LogP contribution in [0.15, 0.2) is 0 Å². The van der Waals surface area contributed by atoms with Crippen LogP contribution in [0.25, 0.3) is 0 Å². The maximum absolute atomic E-state index is 11.8. The van der Waals surface area contributed by atoms with Crippen LogP contribution < -0.4 is 10.9 Å². The third-order valence-electron chi connectivity index (χ3n) is 1.83. The van der Waals surface area contributed by atoms with Gasteiger partial charge in [0.1, 0.15) is 5.60 Å². The number of nitrogens with zero attached hydrogens (tertiary/aromatic N) is 1. The average molecular weight is 259 g/mol. The number of hydrazine groups is 1. The highest BCUT2D eigenvalue weighted by molar-refractivity contribution is 5.91. The van der Waals surface area contributed by atoms with Crippen molar-refractivity contribution in [1.82, 2.24) is 15.8 Å². The van der Waals surface area contributed by atoms with Crippen molar-refractivity contribution in [3.8, 4) is 0 Å². The molecule has 0 bridgehead atoms. The van der Waals surface area contributed by atoms with Crippen molar-refractivity contribution < 1.29 is 19.1 Å². The molecular formula is C11H21N3O4. The first-order valence-corrected chi connectivity index (χ1v) is 5.81. The number of amides is 4. The third-order valence-corrected chi connectivity index (χ3v) is 1.83. The lowest BCUT2D eigenvalue weighted by Crippen LogP contribution is -2.50. The Labute approximate surface area is 107 Å². The van der Waals surface area contributed by atoms with Gasteiger partial charge in [-0.1, -0.05) is 13.3 Å². The molecule has 0 saturated heterocycles. The minimum absolute atomic E-state index is 0.234. The quantitative estimate of drug-likeness (QED) is 0.577. The summed E-state index contributed by atoms with van der Waals surface area (Å²) in [6.45, 7) is 7.31. The number of imide groups is 1. The Morgan fingerprint density at radius 3 is 2.39 bits per heavy atom. The van der Waals surface area contributed by atoms with Crippen LogP contribution in [0.5, 0.6) is 0 Å². The number of rotatable bonds is 5. The molecule has 7 nitrogen and oxygen atoms in total. The largest absolute Gasteiger partial charge is 0.443 e. The SMILES string of the molecule is CCCCN(C(=O)NNC=O)C(=O)OC(C)(C)C. The summed E-state index contributed by atoms with van der Waals surface area (Å²) in [5.74, 6) is 0. The fraction of sp³-hybridized carbons (Fsp3) is 0.727. The second-order valence-electron chi connectivity index (χ2n) is 4.68. The van der Waals surface area contributed by atoms with Crippen LogP contribution in [0.4, 0.5) is 9.59 Å². The van der Waals surface area contributed by atoms with Gasteiger partial charge in [-0.05, 0) is 27.2 Å². The topological polar surface area (TPSA) is 87.7 Å². The molecule has 7 heteroatoms. The van der Waals surface area contributed by atoms with Crippen molar-refractivity contribution in [3.63, 3.8) is 0 Å². The molecule has 0 aromatic carbocycles. The third kappa shape index (κ3) is 6.72. The van der Waals surface area contributed by atoms with Crippen LogP contribution in [0.2, 0.25) is 0 Å². The number of unbranched alkanes of at least 4 members (excludes halogenated alkanes) is 1. The van der Waals surface area contributed by atoms with E-state index in [2.05, 4.69) is 5.43 Å². The molecule has 0 fully saturated rings. The minimum atomic E-state index is -0.735. The molecule has 0 radical (unpaired) electrons. The fourth-order valence-electron chi connectivity index (χ4n) is 1.07. The molecule has 0 aromatic rings. The number of hydrogen-bond donors (Lipinski definition) is 2. The highest BCUT2D eigenvalue weighted by Crippen LogP contribution is 2.10. The second kappa shape index (κ2) is 7.52. The van der Waals surface area contributed by atoms with E-state index in [-0.39, 0.29) is 6.54 Å². The van der Waals surface area contributed by atoms with E-state index >= 15 is 0 Å². The first kappa shape index (κ1) is 16.2. The summed E-state index contributed by atoms with van der Waals surface area (Å²) in [6.07, 6.45) is 1.06. The monoisotopic (exact) mass is 259 g/mol. The zero-order valence-corrected chi connectivity index (χ0v) is 11.3. The van der Waals surface area contributed by atoms with Crippen molar-refractivity contribution in [2.75, 3.05) is 6.54 Å². The Bertz CT molecular complexity index is 299. The Morgan fingerprint density at radius 2 is 1.94 bits per heavy atom. The Balaban J connectivity index is 4.59. The highest BCUT2D eigenvalue weighted by atomic mass is 16.6. The minimum Gasteiger partial charge on any atom is -0.443 e. The van der Waals surface area contributed by atoms with Gasteiger partial charge in [-0.2, -0.15) is 0 Å². The molecule has 0 atom stereocenters. The summed E-state index contributed by atoms with van der Waals surface area (Å²) in [7, 11) is 0. The molecule has 0 unspecified atom stereocenters. The van der Waals surface area contributed by atoms with Crippen molar-refractivity contribution in [2.45, 2.75) is 46.1 Å². The average Bonchev–Trinajstić information content (AvgIpc) is 2.24. The van der Waals surface area contributed by atoms with E-state index in [1.54, 1.807) is 20.8 Å². The van der Waals surface area contributed by atoms with E-state index in [0.29, 0.717) is 12.8 Å². The van der Waals surface area contributed by atoms with Gasteiger partial charge in [-0.25, -0.2) is 19.9 Å². The molecule has 0 spiro atoms. The number of urea groups is 1. The molecule has 0 heterocycles. The van der Waals surface area contributed by atoms with Crippen LogP contribution in [0, 0.1) is 0 Å². The van der Waals surface area contributed by atoms with Gasteiger partial charge in [-0.15, -0.1) is 0 Å². The highest BCUT2D eigenvalue weighted by Gasteiger charge is 2.26. The normalized spacial score (nSPS) is 10.4. The lowest BCUT2D eigenvalue weighted by Gasteiger charge is -2.26. The predicted molar refractivity (Wildman–Crippen MR) is 65.6 cm³/mol. The summed E-state index contributed by atoms with van der Waals surface area (Å²) in [6, 6.07) is -0.718. The molecule has 0 aromatic heterocycles. The summed E-state index contributed by atoms with van der Waals surface area (Å²) >= 11 is 0. The van der Waals surface area contributed by atoms with Crippen molar-refractivity contribution >= 4 is 18.5 Å². The van der Waals surface area contributed by atoms with Crippen LogP contribution >= 0.6 is 0 Å². The second-order valence-corrected chi connectivity index (χ2v) is 4.68. The van der Waals surface area contributed by atoms with Crippen molar-refractivity contribution in [1.29, 1.82) is 0 Å². The van der Waals surface area contributed by atoms with Crippen LogP contribution in [0.1, 0.15) is 40.5 Å². The summed E-state index contributed by atoms with van der Waals surface area (Å²) in [4.78, 5) is 34.4. The smallest absolute Gasteiger partial charge is 0.418 e. The van der Waals surface area contributed by atoms with Crippen LogP contribution in [-0.2, 0) is 9.53 Å².